The van der Waals surface area contributed by atoms with Gasteiger partial charge in [-0.2, -0.15) is 0 Å². The lowest BCUT2D eigenvalue weighted by molar-refractivity contribution is 0.336. The van der Waals surface area contributed by atoms with Crippen molar-refractivity contribution in [3.8, 4) is 0 Å². The Morgan fingerprint density at radius 1 is 1.13 bits per heavy atom. The molecule has 0 spiro atoms. The van der Waals surface area contributed by atoms with E-state index in [4.69, 9.17) is 5.73 Å². The van der Waals surface area contributed by atoms with Crippen LogP contribution in [0.25, 0.3) is 0 Å². The number of likely N-dealkylation sites (N-methyl/N-ethyl adjacent to an activating group) is 1. The Balaban J connectivity index is 1.76. The van der Waals surface area contributed by atoms with Crippen molar-refractivity contribution in [3.05, 3.63) is 65.5 Å². The average molecular weight is 314 g/mol. The standard InChI is InChI=1S/C18H23FN4/c1-14-3-9-17(10-4-14)22-18(20)21-11-12-23(2)13-15-5-7-16(19)8-6-15/h3-10H,11-13H2,1-2H3,(H3,20,21,22). The van der Waals surface area contributed by atoms with E-state index in [1.54, 1.807) is 12.1 Å². The third-order valence-corrected chi connectivity index (χ3v) is 3.45. The molecule has 122 valence electrons. The smallest absolute Gasteiger partial charge is 0.193 e. The molecule has 0 saturated heterocycles. The van der Waals surface area contributed by atoms with E-state index in [1.807, 2.05) is 38.2 Å². The number of hydrogen-bond acceptors (Lipinski definition) is 2. The van der Waals surface area contributed by atoms with Gasteiger partial charge in [0, 0.05) is 18.8 Å². The second-order valence-corrected chi connectivity index (χ2v) is 5.62. The molecule has 0 aliphatic heterocycles. The van der Waals surface area contributed by atoms with E-state index in [9.17, 15) is 4.39 Å². The molecule has 0 aliphatic rings. The van der Waals surface area contributed by atoms with E-state index in [2.05, 4.69) is 15.2 Å². The van der Waals surface area contributed by atoms with E-state index in [0.717, 1.165) is 24.3 Å². The summed E-state index contributed by atoms with van der Waals surface area (Å²) in [6.07, 6.45) is 0. The van der Waals surface area contributed by atoms with Crippen LogP contribution in [0.4, 0.5) is 10.1 Å². The van der Waals surface area contributed by atoms with Gasteiger partial charge in [-0.05, 0) is 43.8 Å². The van der Waals surface area contributed by atoms with E-state index >= 15 is 0 Å². The summed E-state index contributed by atoms with van der Waals surface area (Å²) in [6.45, 7) is 4.16. The summed E-state index contributed by atoms with van der Waals surface area (Å²) < 4.78 is 12.9. The van der Waals surface area contributed by atoms with Crippen LogP contribution in [0.3, 0.4) is 0 Å². The summed E-state index contributed by atoms with van der Waals surface area (Å²) in [6, 6.07) is 14.5. The van der Waals surface area contributed by atoms with Gasteiger partial charge in [-0.15, -0.1) is 0 Å². The van der Waals surface area contributed by atoms with Crippen molar-refractivity contribution in [1.29, 1.82) is 0 Å². The first kappa shape index (κ1) is 17.0. The molecule has 0 aliphatic carbocycles. The second kappa shape index (κ2) is 8.29. The van der Waals surface area contributed by atoms with E-state index < -0.39 is 0 Å². The van der Waals surface area contributed by atoms with Crippen LogP contribution in [0.1, 0.15) is 11.1 Å². The first-order valence-corrected chi connectivity index (χ1v) is 7.59. The van der Waals surface area contributed by atoms with Crippen LogP contribution in [0.2, 0.25) is 0 Å². The van der Waals surface area contributed by atoms with Crippen LogP contribution in [0.15, 0.2) is 53.5 Å². The van der Waals surface area contributed by atoms with Crippen molar-refractivity contribution in [2.24, 2.45) is 10.7 Å². The van der Waals surface area contributed by atoms with Gasteiger partial charge in [0.1, 0.15) is 5.82 Å². The molecule has 0 aromatic heterocycles. The first-order chi connectivity index (χ1) is 11.0. The molecular weight excluding hydrogens is 291 g/mol. The Hall–Kier alpha value is -2.40. The fraction of sp³-hybridized carbons (Fsp3) is 0.278. The number of nitrogens with zero attached hydrogens (tertiary/aromatic N) is 2. The lowest BCUT2D eigenvalue weighted by Crippen LogP contribution is -2.26. The largest absolute Gasteiger partial charge is 0.370 e. The lowest BCUT2D eigenvalue weighted by Gasteiger charge is -2.15. The van der Waals surface area contributed by atoms with Gasteiger partial charge in [0.05, 0.1) is 6.54 Å². The van der Waals surface area contributed by atoms with Crippen LogP contribution >= 0.6 is 0 Å². The van der Waals surface area contributed by atoms with Crippen LogP contribution in [-0.4, -0.2) is 31.0 Å². The molecule has 0 saturated carbocycles. The number of aryl methyl sites for hydroxylation is 1. The number of hydrogen-bond donors (Lipinski definition) is 2. The minimum atomic E-state index is -0.212. The monoisotopic (exact) mass is 314 g/mol. The number of rotatable bonds is 6. The Morgan fingerprint density at radius 2 is 1.78 bits per heavy atom. The fourth-order valence-electron chi connectivity index (χ4n) is 2.15. The number of nitrogens with one attached hydrogen (secondary N) is 1. The summed E-state index contributed by atoms with van der Waals surface area (Å²) >= 11 is 0. The Kier molecular flexibility index (Phi) is 6.11. The van der Waals surface area contributed by atoms with Gasteiger partial charge in [-0.25, -0.2) is 4.39 Å². The minimum absolute atomic E-state index is 0.212. The van der Waals surface area contributed by atoms with Gasteiger partial charge in [-0.1, -0.05) is 29.8 Å². The van der Waals surface area contributed by atoms with Crippen molar-refractivity contribution in [2.75, 3.05) is 25.5 Å². The first-order valence-electron chi connectivity index (χ1n) is 7.59. The SMILES string of the molecule is Cc1ccc(NC(N)=NCCN(C)Cc2ccc(F)cc2)cc1. The molecule has 4 nitrogen and oxygen atoms in total. The molecular formula is C18H23FN4. The van der Waals surface area contributed by atoms with Crippen LogP contribution in [0, 0.1) is 12.7 Å². The van der Waals surface area contributed by atoms with Crippen molar-refractivity contribution >= 4 is 11.6 Å². The highest BCUT2D eigenvalue weighted by Crippen LogP contribution is 2.08. The predicted molar refractivity (Wildman–Crippen MR) is 94.0 cm³/mol. The molecule has 0 unspecified atom stereocenters. The molecule has 5 heteroatoms. The van der Waals surface area contributed by atoms with Gasteiger partial charge in [0.15, 0.2) is 5.96 Å². The molecule has 0 atom stereocenters. The summed E-state index contributed by atoms with van der Waals surface area (Å²) in [5, 5.41) is 3.07. The van der Waals surface area contributed by atoms with Crippen molar-refractivity contribution in [2.45, 2.75) is 13.5 Å². The van der Waals surface area contributed by atoms with Crippen LogP contribution in [0.5, 0.6) is 0 Å². The lowest BCUT2D eigenvalue weighted by atomic mass is 10.2. The van der Waals surface area contributed by atoms with E-state index in [1.165, 1.54) is 17.7 Å². The van der Waals surface area contributed by atoms with Crippen molar-refractivity contribution in [3.63, 3.8) is 0 Å². The molecule has 2 rings (SSSR count). The highest BCUT2D eigenvalue weighted by Gasteiger charge is 2.01. The number of benzene rings is 2. The Bertz CT molecular complexity index is 635. The van der Waals surface area contributed by atoms with Crippen LogP contribution in [-0.2, 0) is 6.54 Å². The van der Waals surface area contributed by atoms with E-state index in [0.29, 0.717) is 12.5 Å². The Labute approximate surface area is 136 Å². The highest BCUT2D eigenvalue weighted by atomic mass is 19.1. The van der Waals surface area contributed by atoms with E-state index in [-0.39, 0.29) is 5.82 Å². The molecule has 0 bridgehead atoms. The second-order valence-electron chi connectivity index (χ2n) is 5.62. The van der Waals surface area contributed by atoms with Gasteiger partial charge in [0.25, 0.3) is 0 Å². The molecule has 0 amide bonds. The topological polar surface area (TPSA) is 53.6 Å². The maximum atomic E-state index is 12.9. The molecule has 0 heterocycles. The zero-order valence-corrected chi connectivity index (χ0v) is 13.6. The summed E-state index contributed by atoms with van der Waals surface area (Å²) in [7, 11) is 2.00. The number of aliphatic imine (C=N–C) groups is 1. The number of anilines is 1. The van der Waals surface area contributed by atoms with Crippen molar-refractivity contribution < 1.29 is 4.39 Å². The zero-order valence-electron chi connectivity index (χ0n) is 13.6. The van der Waals surface area contributed by atoms with Crippen LogP contribution < -0.4 is 11.1 Å². The van der Waals surface area contributed by atoms with Gasteiger partial charge >= 0.3 is 0 Å². The number of guanidine groups is 1. The fourth-order valence-corrected chi connectivity index (χ4v) is 2.15. The molecule has 23 heavy (non-hydrogen) atoms. The van der Waals surface area contributed by atoms with Gasteiger partial charge < -0.3 is 16.0 Å². The van der Waals surface area contributed by atoms with Gasteiger partial charge in [-0.3, -0.25) is 4.99 Å². The maximum absolute atomic E-state index is 12.9. The molecule has 0 radical (unpaired) electrons. The third kappa shape index (κ3) is 6.08. The summed E-state index contributed by atoms with van der Waals surface area (Å²) in [4.78, 5) is 6.44. The molecule has 3 N–H and O–H groups in total. The Morgan fingerprint density at radius 3 is 2.43 bits per heavy atom. The normalized spacial score (nSPS) is 11.7. The molecule has 0 fully saturated rings. The third-order valence-electron chi connectivity index (χ3n) is 3.45. The van der Waals surface area contributed by atoms with Crippen molar-refractivity contribution in [1.82, 2.24) is 4.90 Å². The minimum Gasteiger partial charge on any atom is -0.370 e. The van der Waals surface area contributed by atoms with Gasteiger partial charge in [0.2, 0.25) is 0 Å². The molecule has 2 aromatic carbocycles. The summed E-state index contributed by atoms with van der Waals surface area (Å²) in [5.74, 6) is 0.194. The average Bonchev–Trinajstić information content (AvgIpc) is 2.52. The number of nitrogens with two attached hydrogens (primary N) is 1. The predicted octanol–water partition coefficient (Wildman–Crippen LogP) is 2.99. The molecule has 2 aromatic rings. The number of halogens is 1. The zero-order chi connectivity index (χ0) is 16.7. The highest BCUT2D eigenvalue weighted by molar-refractivity contribution is 5.92. The summed E-state index contributed by atoms with van der Waals surface area (Å²) in [5.41, 5.74) is 9.08. The quantitative estimate of drug-likeness (QED) is 0.636. The maximum Gasteiger partial charge on any atom is 0.193 e.